The van der Waals surface area contributed by atoms with E-state index in [0.29, 0.717) is 6.54 Å². The number of hydrogen-bond acceptors (Lipinski definition) is 4. The molecule has 3 rings (SSSR count). The van der Waals surface area contributed by atoms with Gasteiger partial charge in [0.2, 0.25) is 0 Å². The Morgan fingerprint density at radius 2 is 2.04 bits per heavy atom. The summed E-state index contributed by atoms with van der Waals surface area (Å²) in [5, 5.41) is 20.1. The summed E-state index contributed by atoms with van der Waals surface area (Å²) in [7, 11) is 3.79. The maximum Gasteiger partial charge on any atom is 0.191 e. The first-order valence-electron chi connectivity index (χ1n) is 9.86. The third-order valence-corrected chi connectivity index (χ3v) is 5.38. The molecule has 0 saturated heterocycles. The summed E-state index contributed by atoms with van der Waals surface area (Å²) < 4.78 is 4.21. The molecule has 1 atom stereocenters. The van der Waals surface area contributed by atoms with E-state index in [1.165, 1.54) is 30.5 Å². The summed E-state index contributed by atoms with van der Waals surface area (Å²) in [6, 6.07) is 0.244. The Morgan fingerprint density at radius 1 is 1.22 bits per heavy atom. The largest absolute Gasteiger partial charge is 0.354 e. The molecule has 2 aromatic heterocycles. The molecule has 0 bridgehead atoms. The van der Waals surface area contributed by atoms with Gasteiger partial charge in [0, 0.05) is 38.8 Å². The van der Waals surface area contributed by atoms with Crippen molar-refractivity contribution in [2.45, 2.75) is 72.0 Å². The van der Waals surface area contributed by atoms with Crippen molar-refractivity contribution in [2.75, 3.05) is 7.05 Å². The lowest BCUT2D eigenvalue weighted by Crippen LogP contribution is -2.43. The van der Waals surface area contributed by atoms with Gasteiger partial charge in [0.25, 0.3) is 0 Å². The SMILES string of the molecule is CN=C(NCc1nnc2n1CCCCC2)NC(C)Cc1c(C)nn(C)c1C. The van der Waals surface area contributed by atoms with Crippen LogP contribution in [-0.4, -0.2) is 43.6 Å². The van der Waals surface area contributed by atoms with E-state index in [9.17, 15) is 0 Å². The van der Waals surface area contributed by atoms with E-state index in [1.54, 1.807) is 7.05 Å². The minimum Gasteiger partial charge on any atom is -0.354 e. The molecule has 8 nitrogen and oxygen atoms in total. The van der Waals surface area contributed by atoms with Gasteiger partial charge in [-0.25, -0.2) is 0 Å². The van der Waals surface area contributed by atoms with Crippen LogP contribution in [0, 0.1) is 13.8 Å². The highest BCUT2D eigenvalue weighted by atomic mass is 15.3. The molecule has 8 heteroatoms. The Kier molecular flexibility index (Phi) is 6.13. The zero-order valence-corrected chi connectivity index (χ0v) is 17.2. The Morgan fingerprint density at radius 3 is 2.74 bits per heavy atom. The van der Waals surface area contributed by atoms with Gasteiger partial charge in [0.15, 0.2) is 11.8 Å². The van der Waals surface area contributed by atoms with Gasteiger partial charge < -0.3 is 15.2 Å². The van der Waals surface area contributed by atoms with E-state index < -0.39 is 0 Å². The van der Waals surface area contributed by atoms with Crippen LogP contribution < -0.4 is 10.6 Å². The average molecular weight is 373 g/mol. The number of aromatic nitrogens is 5. The number of guanidine groups is 1. The minimum atomic E-state index is 0.244. The molecular weight excluding hydrogens is 340 g/mol. The smallest absolute Gasteiger partial charge is 0.191 e. The van der Waals surface area contributed by atoms with Gasteiger partial charge in [-0.2, -0.15) is 5.10 Å². The van der Waals surface area contributed by atoms with E-state index in [1.807, 2.05) is 11.7 Å². The number of aryl methyl sites for hydroxylation is 3. The molecule has 2 aromatic rings. The topological polar surface area (TPSA) is 84.9 Å². The second-order valence-electron chi connectivity index (χ2n) is 7.44. The predicted octanol–water partition coefficient (Wildman–Crippen LogP) is 1.65. The molecule has 148 valence electrons. The van der Waals surface area contributed by atoms with E-state index in [0.717, 1.165) is 42.7 Å². The molecule has 1 unspecified atom stereocenters. The fraction of sp³-hybridized carbons (Fsp3) is 0.684. The monoisotopic (exact) mass is 372 g/mol. The number of nitrogens with zero attached hydrogens (tertiary/aromatic N) is 6. The van der Waals surface area contributed by atoms with Gasteiger partial charge in [-0.05, 0) is 45.6 Å². The highest BCUT2D eigenvalue weighted by Gasteiger charge is 2.16. The molecule has 0 aliphatic carbocycles. The lowest BCUT2D eigenvalue weighted by Gasteiger charge is -2.18. The van der Waals surface area contributed by atoms with Crippen molar-refractivity contribution in [2.24, 2.45) is 12.0 Å². The fourth-order valence-corrected chi connectivity index (χ4v) is 3.74. The van der Waals surface area contributed by atoms with Gasteiger partial charge in [-0.3, -0.25) is 9.67 Å². The Labute approximate surface area is 161 Å². The summed E-state index contributed by atoms with van der Waals surface area (Å²) in [6.45, 7) is 8.00. The third kappa shape index (κ3) is 4.48. The summed E-state index contributed by atoms with van der Waals surface area (Å²) >= 11 is 0. The second-order valence-corrected chi connectivity index (χ2v) is 7.44. The van der Waals surface area contributed by atoms with Crippen LogP contribution in [0.15, 0.2) is 4.99 Å². The summed E-state index contributed by atoms with van der Waals surface area (Å²) in [5.74, 6) is 2.89. The van der Waals surface area contributed by atoms with Crippen molar-refractivity contribution in [3.05, 3.63) is 28.6 Å². The molecule has 0 radical (unpaired) electrons. The van der Waals surface area contributed by atoms with Crippen molar-refractivity contribution in [3.63, 3.8) is 0 Å². The fourth-order valence-electron chi connectivity index (χ4n) is 3.74. The normalized spacial score (nSPS) is 16.0. The Balaban J connectivity index is 1.57. The van der Waals surface area contributed by atoms with Gasteiger partial charge in [0.1, 0.15) is 5.82 Å². The highest BCUT2D eigenvalue weighted by Crippen LogP contribution is 2.15. The molecule has 0 aromatic carbocycles. The third-order valence-electron chi connectivity index (χ3n) is 5.38. The molecule has 2 N–H and O–H groups in total. The Hall–Kier alpha value is -2.38. The predicted molar refractivity (Wildman–Crippen MR) is 107 cm³/mol. The number of rotatable bonds is 5. The van der Waals surface area contributed by atoms with Crippen LogP contribution >= 0.6 is 0 Å². The van der Waals surface area contributed by atoms with Crippen molar-refractivity contribution >= 4 is 5.96 Å². The van der Waals surface area contributed by atoms with Crippen LogP contribution in [0.5, 0.6) is 0 Å². The van der Waals surface area contributed by atoms with Crippen LogP contribution in [0.25, 0.3) is 0 Å². The zero-order chi connectivity index (χ0) is 19.4. The molecule has 0 fully saturated rings. The van der Waals surface area contributed by atoms with Crippen LogP contribution in [-0.2, 0) is 33.0 Å². The van der Waals surface area contributed by atoms with Crippen molar-refractivity contribution in [1.82, 2.24) is 35.2 Å². The molecule has 1 aliphatic heterocycles. The highest BCUT2D eigenvalue weighted by molar-refractivity contribution is 5.79. The molecule has 3 heterocycles. The number of fused-ring (bicyclic) bond motifs is 1. The van der Waals surface area contributed by atoms with Crippen LogP contribution in [0.3, 0.4) is 0 Å². The summed E-state index contributed by atoms with van der Waals surface area (Å²) in [6.07, 6.45) is 5.61. The summed E-state index contributed by atoms with van der Waals surface area (Å²) in [5.41, 5.74) is 3.61. The van der Waals surface area contributed by atoms with E-state index in [4.69, 9.17) is 0 Å². The van der Waals surface area contributed by atoms with Crippen LogP contribution in [0.2, 0.25) is 0 Å². The zero-order valence-electron chi connectivity index (χ0n) is 17.2. The lowest BCUT2D eigenvalue weighted by atomic mass is 10.1. The van der Waals surface area contributed by atoms with Gasteiger partial charge in [-0.1, -0.05) is 6.42 Å². The Bertz CT molecular complexity index is 801. The van der Waals surface area contributed by atoms with E-state index in [2.05, 4.69) is 56.3 Å². The maximum absolute atomic E-state index is 4.51. The van der Waals surface area contributed by atoms with Gasteiger partial charge in [0.05, 0.1) is 12.2 Å². The molecule has 27 heavy (non-hydrogen) atoms. The molecular formula is C19H32N8. The molecule has 1 aliphatic rings. The molecule has 0 saturated carbocycles. The van der Waals surface area contributed by atoms with E-state index in [-0.39, 0.29) is 6.04 Å². The van der Waals surface area contributed by atoms with Gasteiger partial charge >= 0.3 is 0 Å². The number of nitrogens with one attached hydrogen (secondary N) is 2. The van der Waals surface area contributed by atoms with Crippen molar-refractivity contribution in [3.8, 4) is 0 Å². The quantitative estimate of drug-likeness (QED) is 0.616. The van der Waals surface area contributed by atoms with Crippen LogP contribution in [0.1, 0.15) is 54.8 Å². The van der Waals surface area contributed by atoms with Crippen molar-refractivity contribution < 1.29 is 0 Å². The summed E-state index contributed by atoms with van der Waals surface area (Å²) in [4.78, 5) is 4.37. The van der Waals surface area contributed by atoms with E-state index >= 15 is 0 Å². The lowest BCUT2D eigenvalue weighted by molar-refractivity contribution is 0.590. The maximum atomic E-state index is 4.51. The standard InChI is InChI=1S/C19H32N8/c1-13(11-16-14(2)25-26(5)15(16)3)22-19(20-4)21-12-18-24-23-17-9-7-6-8-10-27(17)18/h13H,6-12H2,1-5H3,(H2,20,21,22). The second kappa shape index (κ2) is 8.54. The average Bonchev–Trinajstić information content (AvgIpc) is 3.02. The molecule has 0 spiro atoms. The minimum absolute atomic E-state index is 0.244. The number of aliphatic imine (C=N–C) groups is 1. The van der Waals surface area contributed by atoms with Crippen molar-refractivity contribution in [1.29, 1.82) is 0 Å². The van der Waals surface area contributed by atoms with Crippen LogP contribution in [0.4, 0.5) is 0 Å². The number of hydrogen-bond donors (Lipinski definition) is 2. The first-order chi connectivity index (χ1) is 13.0. The first-order valence-corrected chi connectivity index (χ1v) is 9.86. The van der Waals surface area contributed by atoms with Gasteiger partial charge in [-0.15, -0.1) is 10.2 Å². The molecule has 0 amide bonds. The first kappa shape index (κ1) is 19.4.